The number of hydrogen-bond acceptors (Lipinski definition) is 3. The van der Waals surface area contributed by atoms with Crippen LogP contribution in [0.5, 0.6) is 5.75 Å². The molecule has 0 unspecified atom stereocenters. The lowest BCUT2D eigenvalue weighted by Gasteiger charge is -2.12. The molecule has 5 nitrogen and oxygen atoms in total. The van der Waals surface area contributed by atoms with Gasteiger partial charge in [0.05, 0.1) is 20.2 Å². The van der Waals surface area contributed by atoms with Gasteiger partial charge in [-0.05, 0) is 36.7 Å². The van der Waals surface area contributed by atoms with Crippen LogP contribution < -0.4 is 15.4 Å². The van der Waals surface area contributed by atoms with Gasteiger partial charge in [-0.25, -0.2) is 4.79 Å². The quantitative estimate of drug-likeness (QED) is 0.707. The summed E-state index contributed by atoms with van der Waals surface area (Å²) in [6, 6.07) is 17.9. The number of carbonyl (C=O) groups excluding carboxylic acids is 1. The number of methoxy groups -OCH3 is 1. The number of nitrogens with zero attached hydrogens (tertiary/aromatic N) is 1. The smallest absolute Gasteiger partial charge is 0.315 e. The average molecular weight is 365 g/mol. The monoisotopic (exact) mass is 365 g/mol. The predicted molar refractivity (Wildman–Crippen MR) is 109 cm³/mol. The van der Waals surface area contributed by atoms with Crippen molar-refractivity contribution in [3.8, 4) is 17.6 Å². The summed E-state index contributed by atoms with van der Waals surface area (Å²) >= 11 is 0. The lowest BCUT2D eigenvalue weighted by molar-refractivity contribution is 0.242. The number of amides is 2. The van der Waals surface area contributed by atoms with Gasteiger partial charge in [0, 0.05) is 13.1 Å². The molecule has 0 fully saturated rings. The third-order valence-electron chi connectivity index (χ3n) is 3.96. The van der Waals surface area contributed by atoms with Crippen molar-refractivity contribution in [3.05, 3.63) is 65.7 Å². The number of ether oxygens (including phenoxy) is 1. The average Bonchev–Trinajstić information content (AvgIpc) is 2.69. The van der Waals surface area contributed by atoms with E-state index in [1.54, 1.807) is 7.11 Å². The molecule has 2 rings (SSSR count). The molecule has 0 saturated carbocycles. The highest BCUT2D eigenvalue weighted by atomic mass is 16.5. The summed E-state index contributed by atoms with van der Waals surface area (Å²) in [4.78, 5) is 13.9. The molecule has 0 atom stereocenters. The van der Waals surface area contributed by atoms with Crippen LogP contribution in [0.4, 0.5) is 4.79 Å². The fourth-order valence-electron chi connectivity index (χ4n) is 2.50. The number of nitrogens with one attached hydrogen (secondary N) is 2. The molecule has 0 bridgehead atoms. The molecule has 2 aromatic carbocycles. The highest BCUT2D eigenvalue weighted by Gasteiger charge is 1.99. The molecule has 0 aliphatic carbocycles. The van der Waals surface area contributed by atoms with Crippen LogP contribution in [0.3, 0.4) is 0 Å². The zero-order chi connectivity index (χ0) is 19.3. The van der Waals surface area contributed by atoms with Gasteiger partial charge in [0.2, 0.25) is 0 Å². The normalized spacial score (nSPS) is 10.0. The molecule has 0 saturated heterocycles. The molecule has 2 aromatic rings. The minimum absolute atomic E-state index is 0.199. The van der Waals surface area contributed by atoms with E-state index in [0.29, 0.717) is 19.6 Å². The van der Waals surface area contributed by atoms with E-state index in [9.17, 15) is 4.79 Å². The fourth-order valence-corrected chi connectivity index (χ4v) is 2.50. The Morgan fingerprint density at radius 2 is 1.74 bits per heavy atom. The Kier molecular flexibility index (Phi) is 8.75. The second-order valence-electron chi connectivity index (χ2n) is 6.22. The maximum atomic E-state index is 11.8. The summed E-state index contributed by atoms with van der Waals surface area (Å²) < 4.78 is 5.12. The first-order chi connectivity index (χ1) is 13.2. The van der Waals surface area contributed by atoms with Crippen LogP contribution in [0.15, 0.2) is 54.6 Å². The topological polar surface area (TPSA) is 53.6 Å². The van der Waals surface area contributed by atoms with Crippen molar-refractivity contribution in [2.24, 2.45) is 0 Å². The summed E-state index contributed by atoms with van der Waals surface area (Å²) in [5.74, 6) is 6.88. The zero-order valence-electron chi connectivity index (χ0n) is 16.0. The van der Waals surface area contributed by atoms with E-state index in [-0.39, 0.29) is 6.03 Å². The van der Waals surface area contributed by atoms with Gasteiger partial charge in [-0.3, -0.25) is 4.90 Å². The second-order valence-corrected chi connectivity index (χ2v) is 6.22. The van der Waals surface area contributed by atoms with Crippen LogP contribution in [0.2, 0.25) is 0 Å². The Morgan fingerprint density at radius 3 is 2.44 bits per heavy atom. The van der Waals surface area contributed by atoms with Crippen LogP contribution in [0.25, 0.3) is 0 Å². The van der Waals surface area contributed by atoms with Crippen LogP contribution in [-0.2, 0) is 13.0 Å². The maximum Gasteiger partial charge on any atom is 0.315 e. The molecule has 5 heteroatoms. The molecule has 0 spiro atoms. The standard InChI is InChI=1S/C22H27N3O2/c1-25(18-20-8-4-3-5-9-20)17-7-6-15-23-22(26)24-16-14-19-10-12-21(27-2)13-11-19/h3-5,8-13H,14-18H2,1-2H3,(H2,23,24,26). The highest BCUT2D eigenvalue weighted by molar-refractivity contribution is 5.74. The third-order valence-corrected chi connectivity index (χ3v) is 3.96. The van der Waals surface area contributed by atoms with Crippen molar-refractivity contribution in [2.45, 2.75) is 13.0 Å². The number of urea groups is 1. The van der Waals surface area contributed by atoms with Crippen molar-refractivity contribution in [2.75, 3.05) is 33.8 Å². The minimum atomic E-state index is -0.199. The van der Waals surface area contributed by atoms with Crippen LogP contribution in [0, 0.1) is 11.8 Å². The van der Waals surface area contributed by atoms with Gasteiger partial charge < -0.3 is 15.4 Å². The van der Waals surface area contributed by atoms with Crippen molar-refractivity contribution >= 4 is 6.03 Å². The van der Waals surface area contributed by atoms with Gasteiger partial charge in [0.15, 0.2) is 0 Å². The zero-order valence-corrected chi connectivity index (χ0v) is 16.0. The summed E-state index contributed by atoms with van der Waals surface area (Å²) in [5.41, 5.74) is 2.41. The second kappa shape index (κ2) is 11.6. The molecule has 0 aromatic heterocycles. The van der Waals surface area contributed by atoms with E-state index >= 15 is 0 Å². The molecule has 0 aliphatic rings. The van der Waals surface area contributed by atoms with Crippen molar-refractivity contribution in [1.29, 1.82) is 0 Å². The largest absolute Gasteiger partial charge is 0.497 e. The number of rotatable bonds is 8. The van der Waals surface area contributed by atoms with E-state index in [1.807, 2.05) is 49.5 Å². The molecular formula is C22H27N3O2. The van der Waals surface area contributed by atoms with Crippen LogP contribution in [0.1, 0.15) is 11.1 Å². The Balaban J connectivity index is 1.57. The number of carbonyl (C=O) groups is 1. The molecule has 2 amide bonds. The minimum Gasteiger partial charge on any atom is -0.497 e. The summed E-state index contributed by atoms with van der Waals surface area (Å²) in [6.45, 7) is 2.43. The first kappa shape index (κ1) is 20.3. The number of benzene rings is 2. The van der Waals surface area contributed by atoms with E-state index in [4.69, 9.17) is 4.74 Å². The Hall–Kier alpha value is -2.97. The number of hydrogen-bond donors (Lipinski definition) is 2. The van der Waals surface area contributed by atoms with Crippen molar-refractivity contribution in [1.82, 2.24) is 15.5 Å². The lowest BCUT2D eigenvalue weighted by atomic mass is 10.1. The molecule has 2 N–H and O–H groups in total. The van der Waals surface area contributed by atoms with Gasteiger partial charge in [0.25, 0.3) is 0 Å². The first-order valence-corrected chi connectivity index (χ1v) is 9.00. The van der Waals surface area contributed by atoms with Gasteiger partial charge in [-0.2, -0.15) is 0 Å². The van der Waals surface area contributed by atoms with Gasteiger partial charge in [0.1, 0.15) is 5.75 Å². The highest BCUT2D eigenvalue weighted by Crippen LogP contribution is 2.11. The molecule has 0 heterocycles. The Bertz CT molecular complexity index is 749. The van der Waals surface area contributed by atoms with E-state index in [0.717, 1.165) is 24.3 Å². The van der Waals surface area contributed by atoms with Crippen LogP contribution >= 0.6 is 0 Å². The van der Waals surface area contributed by atoms with E-state index in [1.165, 1.54) is 5.56 Å². The third kappa shape index (κ3) is 8.30. The van der Waals surface area contributed by atoms with Crippen molar-refractivity contribution < 1.29 is 9.53 Å². The van der Waals surface area contributed by atoms with Gasteiger partial charge in [-0.1, -0.05) is 54.3 Å². The summed E-state index contributed by atoms with van der Waals surface area (Å²) in [5, 5.41) is 5.58. The Labute approximate surface area is 161 Å². The SMILES string of the molecule is COc1ccc(CCNC(=O)NCC#CCN(C)Cc2ccccc2)cc1. The molecule has 142 valence electrons. The summed E-state index contributed by atoms with van der Waals surface area (Å²) in [7, 11) is 3.67. The first-order valence-electron chi connectivity index (χ1n) is 9.00. The van der Waals surface area contributed by atoms with Crippen LogP contribution in [-0.4, -0.2) is 44.7 Å². The fraction of sp³-hybridized carbons (Fsp3) is 0.318. The maximum absolute atomic E-state index is 11.8. The van der Waals surface area contributed by atoms with Gasteiger partial charge >= 0.3 is 6.03 Å². The van der Waals surface area contributed by atoms with Crippen molar-refractivity contribution in [3.63, 3.8) is 0 Å². The summed E-state index contributed by atoms with van der Waals surface area (Å²) in [6.07, 6.45) is 0.771. The lowest BCUT2D eigenvalue weighted by Crippen LogP contribution is -2.36. The predicted octanol–water partition coefficient (Wildman–Crippen LogP) is 2.67. The molecule has 0 radical (unpaired) electrons. The molecule has 27 heavy (non-hydrogen) atoms. The molecule has 0 aliphatic heterocycles. The molecular weight excluding hydrogens is 338 g/mol. The van der Waals surface area contributed by atoms with E-state index < -0.39 is 0 Å². The van der Waals surface area contributed by atoms with E-state index in [2.05, 4.69) is 39.5 Å². The Morgan fingerprint density at radius 1 is 1.00 bits per heavy atom. The van der Waals surface area contributed by atoms with Gasteiger partial charge in [-0.15, -0.1) is 0 Å².